The van der Waals surface area contributed by atoms with E-state index in [9.17, 15) is 0 Å². The Morgan fingerprint density at radius 1 is 2.00 bits per heavy atom. The summed E-state index contributed by atoms with van der Waals surface area (Å²) >= 11 is 0. The maximum absolute atomic E-state index is 6.21. The molecule has 0 N–H and O–H groups in total. The minimum absolute atomic E-state index is 0.0182. The van der Waals surface area contributed by atoms with E-state index in [1.54, 1.807) is 6.92 Å². The molecule has 3 heteroatoms. The topological polar surface area (TPSA) is 25.9 Å². The first kappa shape index (κ1) is 5.96. The van der Waals surface area contributed by atoms with Crippen molar-refractivity contribution in [2.24, 2.45) is 5.16 Å². The molecule has 0 aromatic heterocycles. The molecular weight excluding hydrogens is 92.1 g/mol. The first-order valence-electron chi connectivity index (χ1n) is 1.85. The molecule has 0 radical (unpaired) electrons. The first-order valence-corrected chi connectivity index (χ1v) is 1.85. The summed E-state index contributed by atoms with van der Waals surface area (Å²) in [5.74, 6) is 0. The fourth-order valence-electron chi connectivity index (χ4n) is 0.137. The van der Waals surface area contributed by atoms with Crippen LogP contribution in [0, 0.1) is 6.57 Å². The van der Waals surface area contributed by atoms with Crippen LogP contribution in [0.25, 0.3) is 4.85 Å². The predicted octanol–water partition coefficient (Wildman–Crippen LogP) is 0.885. The van der Waals surface area contributed by atoms with Gasteiger partial charge in [0.1, 0.15) is 0 Å². The second-order valence-electron chi connectivity index (χ2n) is 0.780. The Bertz CT molecular complexity index is 92.4. The van der Waals surface area contributed by atoms with Crippen LogP contribution in [0.5, 0.6) is 0 Å². The molecule has 7 heavy (non-hydrogen) atoms. The van der Waals surface area contributed by atoms with Gasteiger partial charge in [0.2, 0.25) is 0 Å². The summed E-state index contributed by atoms with van der Waals surface area (Å²) < 4.78 is 0. The van der Waals surface area contributed by atoms with E-state index < -0.39 is 0 Å². The van der Waals surface area contributed by atoms with Crippen molar-refractivity contribution < 1.29 is 4.84 Å². The molecule has 0 unspecified atom stereocenters. The maximum Gasteiger partial charge on any atom is 0.378 e. The van der Waals surface area contributed by atoms with Gasteiger partial charge in [-0.05, 0) is 6.92 Å². The normalized spacial score (nSPS) is 8.57. The van der Waals surface area contributed by atoms with Crippen molar-refractivity contribution in [1.82, 2.24) is 0 Å². The molecule has 0 amide bonds. The molecule has 0 atom stereocenters. The minimum atomic E-state index is 0.0182. The summed E-state index contributed by atoms with van der Waals surface area (Å²) in [4.78, 5) is 7.23. The Labute approximate surface area is 42.4 Å². The second-order valence-corrected chi connectivity index (χ2v) is 0.780. The molecule has 38 valence electrons. The van der Waals surface area contributed by atoms with Crippen LogP contribution in [-0.2, 0) is 4.84 Å². The lowest BCUT2D eigenvalue weighted by Gasteiger charge is -1.79. The zero-order valence-corrected chi connectivity index (χ0v) is 4.09. The van der Waals surface area contributed by atoms with Crippen molar-refractivity contribution in [2.75, 3.05) is 6.73 Å². The molecule has 0 saturated heterocycles. The van der Waals surface area contributed by atoms with E-state index in [0.29, 0.717) is 0 Å². The fraction of sp³-hybridized carbons (Fsp3) is 0.500. The largest absolute Gasteiger partial charge is 0.378 e. The standard InChI is InChI=1S/C4H6N2O/c1-3-6-7-4-5-2/h3H,4H2,1H3. The summed E-state index contributed by atoms with van der Waals surface area (Å²) in [5, 5.41) is 3.32. The fourth-order valence-corrected chi connectivity index (χ4v) is 0.137. The van der Waals surface area contributed by atoms with Crippen LogP contribution in [0.2, 0.25) is 0 Å². The van der Waals surface area contributed by atoms with Crippen LogP contribution in [0.4, 0.5) is 0 Å². The van der Waals surface area contributed by atoms with E-state index in [-0.39, 0.29) is 6.73 Å². The highest BCUT2D eigenvalue weighted by molar-refractivity contribution is 5.52. The third kappa shape index (κ3) is 4.96. The molecule has 0 aliphatic carbocycles. The molecule has 0 saturated carbocycles. The Morgan fingerprint density at radius 2 is 2.71 bits per heavy atom. The maximum atomic E-state index is 6.21. The summed E-state index contributed by atoms with van der Waals surface area (Å²) in [6.07, 6.45) is 1.49. The lowest BCUT2D eigenvalue weighted by Crippen LogP contribution is -1.76. The van der Waals surface area contributed by atoms with Gasteiger partial charge < -0.3 is 4.84 Å². The summed E-state index contributed by atoms with van der Waals surface area (Å²) in [5.41, 5.74) is 0. The van der Waals surface area contributed by atoms with Crippen molar-refractivity contribution in [3.63, 3.8) is 0 Å². The molecule has 0 bridgehead atoms. The average Bonchev–Trinajstić information content (AvgIpc) is 1.69. The van der Waals surface area contributed by atoms with E-state index in [4.69, 9.17) is 6.57 Å². The minimum Gasteiger partial charge on any atom is -0.318 e. The predicted molar refractivity (Wildman–Crippen MR) is 26.7 cm³/mol. The van der Waals surface area contributed by atoms with Crippen molar-refractivity contribution in [2.45, 2.75) is 6.92 Å². The highest BCUT2D eigenvalue weighted by Crippen LogP contribution is 1.71. The van der Waals surface area contributed by atoms with E-state index in [0.717, 1.165) is 0 Å². The van der Waals surface area contributed by atoms with Gasteiger partial charge >= 0.3 is 6.73 Å². The number of hydrogen-bond donors (Lipinski definition) is 0. The van der Waals surface area contributed by atoms with E-state index in [1.807, 2.05) is 0 Å². The molecule has 0 spiro atoms. The molecule has 0 rings (SSSR count). The molecule has 3 nitrogen and oxygen atoms in total. The molecule has 0 aliphatic rings. The first-order chi connectivity index (χ1) is 3.41. The van der Waals surface area contributed by atoms with Gasteiger partial charge in [-0.25, -0.2) is 6.57 Å². The molecule has 0 aromatic carbocycles. The Hall–Kier alpha value is -1.04. The quantitative estimate of drug-likeness (QED) is 0.218. The average molecular weight is 98.1 g/mol. The van der Waals surface area contributed by atoms with Crippen molar-refractivity contribution in [3.05, 3.63) is 11.4 Å². The third-order valence-electron chi connectivity index (χ3n) is 0.302. The van der Waals surface area contributed by atoms with Gasteiger partial charge in [-0.15, -0.1) is 0 Å². The lowest BCUT2D eigenvalue weighted by molar-refractivity contribution is 0.175. The van der Waals surface area contributed by atoms with E-state index in [1.165, 1.54) is 6.21 Å². The molecule has 0 aromatic rings. The van der Waals surface area contributed by atoms with Crippen LogP contribution in [0.3, 0.4) is 0 Å². The van der Waals surface area contributed by atoms with Crippen molar-refractivity contribution >= 4 is 6.21 Å². The Kier molecular flexibility index (Phi) is 4.22. The van der Waals surface area contributed by atoms with Gasteiger partial charge in [0, 0.05) is 6.21 Å². The molecular formula is C4H6N2O. The van der Waals surface area contributed by atoms with Gasteiger partial charge in [-0.1, -0.05) is 5.16 Å². The third-order valence-corrected chi connectivity index (χ3v) is 0.302. The molecule has 0 heterocycles. The number of hydrogen-bond acceptors (Lipinski definition) is 2. The van der Waals surface area contributed by atoms with Gasteiger partial charge in [-0.2, -0.15) is 0 Å². The van der Waals surface area contributed by atoms with Crippen LogP contribution in [-0.4, -0.2) is 12.9 Å². The Balaban J connectivity index is 2.87. The van der Waals surface area contributed by atoms with Gasteiger partial charge in [0.15, 0.2) is 0 Å². The van der Waals surface area contributed by atoms with E-state index >= 15 is 0 Å². The number of rotatable bonds is 2. The smallest absolute Gasteiger partial charge is 0.318 e. The van der Waals surface area contributed by atoms with Crippen LogP contribution in [0.1, 0.15) is 6.92 Å². The van der Waals surface area contributed by atoms with Gasteiger partial charge in [0.25, 0.3) is 0 Å². The molecule has 0 fully saturated rings. The monoisotopic (exact) mass is 98.0 g/mol. The lowest BCUT2D eigenvalue weighted by atomic mass is 10.9. The van der Waals surface area contributed by atoms with Crippen LogP contribution < -0.4 is 0 Å². The van der Waals surface area contributed by atoms with Crippen molar-refractivity contribution in [1.29, 1.82) is 0 Å². The molecule has 0 aliphatic heterocycles. The number of oxime groups is 1. The van der Waals surface area contributed by atoms with Crippen LogP contribution >= 0.6 is 0 Å². The number of nitrogens with zero attached hydrogens (tertiary/aromatic N) is 2. The second kappa shape index (κ2) is 4.96. The highest BCUT2D eigenvalue weighted by Gasteiger charge is 1.71. The summed E-state index contributed by atoms with van der Waals surface area (Å²) in [6.45, 7) is 7.95. The van der Waals surface area contributed by atoms with Crippen LogP contribution in [0.15, 0.2) is 5.16 Å². The zero-order chi connectivity index (χ0) is 5.54. The van der Waals surface area contributed by atoms with Crippen molar-refractivity contribution in [3.8, 4) is 0 Å². The van der Waals surface area contributed by atoms with Gasteiger partial charge in [-0.3, -0.25) is 4.85 Å². The van der Waals surface area contributed by atoms with E-state index in [2.05, 4.69) is 14.8 Å². The SMILES string of the molecule is [C-]#[N+]CON=CC. The zero-order valence-electron chi connectivity index (χ0n) is 4.09. The summed E-state index contributed by atoms with van der Waals surface area (Å²) in [7, 11) is 0. The summed E-state index contributed by atoms with van der Waals surface area (Å²) in [6, 6.07) is 0. The Morgan fingerprint density at radius 3 is 3.14 bits per heavy atom. The highest BCUT2D eigenvalue weighted by atomic mass is 16.6. The van der Waals surface area contributed by atoms with Gasteiger partial charge in [0.05, 0.1) is 0 Å².